The molecule has 1 aromatic carbocycles. The summed E-state index contributed by atoms with van der Waals surface area (Å²) in [6.07, 6.45) is 0.950. The van der Waals surface area contributed by atoms with Crippen LogP contribution < -0.4 is 15.8 Å². The van der Waals surface area contributed by atoms with Gasteiger partial charge in [-0.3, -0.25) is 9.89 Å². The number of carbonyl (C=O) groups is 1. The van der Waals surface area contributed by atoms with Crippen molar-refractivity contribution >= 4 is 17.5 Å². The van der Waals surface area contributed by atoms with Crippen molar-refractivity contribution in [3.63, 3.8) is 0 Å². The summed E-state index contributed by atoms with van der Waals surface area (Å²) in [5.74, 6) is 0.479. The molecule has 4 N–H and O–H groups in total. The minimum Gasteiger partial charge on any atom is -0.494 e. The quantitative estimate of drug-likeness (QED) is 0.754. The van der Waals surface area contributed by atoms with Gasteiger partial charge in [0.05, 0.1) is 6.61 Å². The Balaban J connectivity index is 1.97. The maximum absolute atomic E-state index is 11.8. The zero-order valence-corrected chi connectivity index (χ0v) is 10.5. The normalized spacial score (nSPS) is 10.2. The van der Waals surface area contributed by atoms with E-state index in [0.717, 1.165) is 12.2 Å². The summed E-state index contributed by atoms with van der Waals surface area (Å²) in [7, 11) is 0. The molecule has 1 heterocycles. The zero-order chi connectivity index (χ0) is 13.7. The lowest BCUT2D eigenvalue weighted by Gasteiger charge is -2.06. The molecule has 1 amide bonds. The van der Waals surface area contributed by atoms with Crippen LogP contribution in [0.25, 0.3) is 0 Å². The van der Waals surface area contributed by atoms with Crippen molar-refractivity contribution in [2.24, 2.45) is 0 Å². The number of aromatic nitrogens is 3. The topological polar surface area (TPSA) is 106 Å². The van der Waals surface area contributed by atoms with Crippen LogP contribution in [0.15, 0.2) is 24.3 Å². The van der Waals surface area contributed by atoms with E-state index >= 15 is 0 Å². The molecule has 2 rings (SSSR count). The maximum atomic E-state index is 11.8. The first kappa shape index (κ1) is 12.9. The molecule has 2 aromatic rings. The summed E-state index contributed by atoms with van der Waals surface area (Å²) in [6.45, 7) is 2.71. The van der Waals surface area contributed by atoms with E-state index < -0.39 is 5.91 Å². The van der Waals surface area contributed by atoms with E-state index in [2.05, 4.69) is 20.5 Å². The smallest absolute Gasteiger partial charge is 0.293 e. The largest absolute Gasteiger partial charge is 0.494 e. The van der Waals surface area contributed by atoms with Crippen LogP contribution in [0.1, 0.15) is 24.0 Å². The van der Waals surface area contributed by atoms with Crippen molar-refractivity contribution in [1.82, 2.24) is 15.2 Å². The van der Waals surface area contributed by atoms with Gasteiger partial charge in [-0.05, 0) is 30.7 Å². The van der Waals surface area contributed by atoms with Crippen LogP contribution in [-0.4, -0.2) is 27.7 Å². The van der Waals surface area contributed by atoms with Gasteiger partial charge in [-0.1, -0.05) is 6.92 Å². The lowest BCUT2D eigenvalue weighted by Crippen LogP contribution is -2.13. The number of amides is 1. The first-order chi connectivity index (χ1) is 9.19. The van der Waals surface area contributed by atoms with Crippen molar-refractivity contribution in [2.45, 2.75) is 13.3 Å². The molecule has 1 aromatic heterocycles. The van der Waals surface area contributed by atoms with Crippen molar-refractivity contribution in [3.05, 3.63) is 30.1 Å². The number of carbonyl (C=O) groups excluding carboxylic acids is 1. The van der Waals surface area contributed by atoms with E-state index in [1.54, 1.807) is 24.3 Å². The summed E-state index contributed by atoms with van der Waals surface area (Å²) < 4.78 is 5.45. The molecule has 0 fully saturated rings. The molecule has 7 heteroatoms. The molecule has 0 unspecified atom stereocenters. The summed E-state index contributed by atoms with van der Waals surface area (Å²) in [5.41, 5.74) is 5.97. The molecule has 0 aliphatic carbocycles. The van der Waals surface area contributed by atoms with Gasteiger partial charge in [0.15, 0.2) is 0 Å². The summed E-state index contributed by atoms with van der Waals surface area (Å²) in [5, 5.41) is 8.70. The Morgan fingerprint density at radius 3 is 2.74 bits per heavy atom. The van der Waals surface area contributed by atoms with Crippen LogP contribution in [0.2, 0.25) is 0 Å². The maximum Gasteiger partial charge on any atom is 0.293 e. The van der Waals surface area contributed by atoms with Crippen LogP contribution >= 0.6 is 0 Å². The number of anilines is 2. The molecule has 19 heavy (non-hydrogen) atoms. The Kier molecular flexibility index (Phi) is 3.97. The highest BCUT2D eigenvalue weighted by molar-refractivity contribution is 6.01. The Morgan fingerprint density at radius 2 is 2.16 bits per heavy atom. The van der Waals surface area contributed by atoms with Gasteiger partial charge in [-0.15, -0.1) is 5.10 Å². The van der Waals surface area contributed by atoms with E-state index in [4.69, 9.17) is 10.5 Å². The third kappa shape index (κ3) is 3.44. The highest BCUT2D eigenvalue weighted by Gasteiger charge is 2.10. The number of nitrogens with one attached hydrogen (secondary N) is 2. The van der Waals surface area contributed by atoms with Gasteiger partial charge in [0.1, 0.15) is 5.75 Å². The van der Waals surface area contributed by atoms with Gasteiger partial charge < -0.3 is 15.8 Å². The van der Waals surface area contributed by atoms with Crippen LogP contribution in [0.5, 0.6) is 5.75 Å². The van der Waals surface area contributed by atoms with Crippen molar-refractivity contribution < 1.29 is 9.53 Å². The third-order valence-electron chi connectivity index (χ3n) is 2.30. The van der Waals surface area contributed by atoms with E-state index in [1.807, 2.05) is 6.92 Å². The van der Waals surface area contributed by atoms with Crippen molar-refractivity contribution in [2.75, 3.05) is 17.7 Å². The average Bonchev–Trinajstić information content (AvgIpc) is 2.85. The summed E-state index contributed by atoms with van der Waals surface area (Å²) >= 11 is 0. The van der Waals surface area contributed by atoms with E-state index in [-0.39, 0.29) is 11.8 Å². The predicted molar refractivity (Wildman–Crippen MR) is 71.0 cm³/mol. The Hall–Kier alpha value is -2.57. The predicted octanol–water partition coefficient (Wildman–Crippen LogP) is 1.43. The molecule has 0 atom stereocenters. The fourth-order valence-corrected chi connectivity index (χ4v) is 1.42. The van der Waals surface area contributed by atoms with E-state index in [9.17, 15) is 4.79 Å². The van der Waals surface area contributed by atoms with E-state index in [1.165, 1.54) is 0 Å². The number of aromatic amines is 1. The molecule has 0 aliphatic rings. The third-order valence-corrected chi connectivity index (χ3v) is 2.30. The standard InChI is InChI=1S/C12H15N5O2/c1-2-7-19-9-5-3-8(4-6-9)14-11(18)10-15-12(13)17-16-10/h3-6H,2,7H2,1H3,(H,14,18)(H3,13,15,16,17). The number of hydrogen-bond acceptors (Lipinski definition) is 5. The van der Waals surface area contributed by atoms with Gasteiger partial charge in [-0.2, -0.15) is 4.98 Å². The second kappa shape index (κ2) is 5.85. The number of nitrogens with two attached hydrogens (primary N) is 1. The van der Waals surface area contributed by atoms with Gasteiger partial charge >= 0.3 is 0 Å². The molecule has 0 bridgehead atoms. The molecule has 0 radical (unpaired) electrons. The number of nitrogens with zero attached hydrogens (tertiary/aromatic N) is 2. The molecule has 7 nitrogen and oxygen atoms in total. The Morgan fingerprint density at radius 1 is 1.42 bits per heavy atom. The summed E-state index contributed by atoms with van der Waals surface area (Å²) in [6, 6.07) is 7.09. The minimum absolute atomic E-state index is 0.0356. The van der Waals surface area contributed by atoms with Gasteiger partial charge in [0.2, 0.25) is 11.8 Å². The number of ether oxygens (including phenoxy) is 1. The Bertz CT molecular complexity index is 550. The summed E-state index contributed by atoms with van der Waals surface area (Å²) in [4.78, 5) is 15.5. The molecule has 0 saturated carbocycles. The second-order valence-electron chi connectivity index (χ2n) is 3.87. The number of H-pyrrole nitrogens is 1. The number of rotatable bonds is 5. The number of hydrogen-bond donors (Lipinski definition) is 3. The minimum atomic E-state index is -0.397. The van der Waals surface area contributed by atoms with Crippen LogP contribution in [0.3, 0.4) is 0 Å². The number of benzene rings is 1. The first-order valence-electron chi connectivity index (χ1n) is 5.91. The monoisotopic (exact) mass is 261 g/mol. The lowest BCUT2D eigenvalue weighted by atomic mass is 10.3. The second-order valence-corrected chi connectivity index (χ2v) is 3.87. The molecule has 0 aliphatic heterocycles. The van der Waals surface area contributed by atoms with Crippen LogP contribution in [0.4, 0.5) is 11.6 Å². The van der Waals surface area contributed by atoms with E-state index in [0.29, 0.717) is 12.3 Å². The fraction of sp³-hybridized carbons (Fsp3) is 0.250. The zero-order valence-electron chi connectivity index (χ0n) is 10.5. The fourth-order valence-electron chi connectivity index (χ4n) is 1.42. The lowest BCUT2D eigenvalue weighted by molar-refractivity contribution is 0.101. The van der Waals surface area contributed by atoms with Crippen LogP contribution in [-0.2, 0) is 0 Å². The SMILES string of the molecule is CCCOc1ccc(NC(=O)c2nc(N)n[nH]2)cc1. The van der Waals surface area contributed by atoms with Gasteiger partial charge in [-0.25, -0.2) is 0 Å². The van der Waals surface area contributed by atoms with Gasteiger partial charge in [0.25, 0.3) is 5.91 Å². The van der Waals surface area contributed by atoms with Crippen molar-refractivity contribution in [3.8, 4) is 5.75 Å². The highest BCUT2D eigenvalue weighted by atomic mass is 16.5. The highest BCUT2D eigenvalue weighted by Crippen LogP contribution is 2.16. The van der Waals surface area contributed by atoms with Crippen LogP contribution in [0, 0.1) is 0 Å². The molecule has 0 spiro atoms. The Labute approximate surface area is 110 Å². The molecular formula is C12H15N5O2. The molecular weight excluding hydrogens is 246 g/mol. The molecule has 0 saturated heterocycles. The van der Waals surface area contributed by atoms with Gasteiger partial charge in [0, 0.05) is 5.69 Å². The first-order valence-corrected chi connectivity index (χ1v) is 5.91. The van der Waals surface area contributed by atoms with Crippen molar-refractivity contribution in [1.29, 1.82) is 0 Å². The molecule has 100 valence electrons. The average molecular weight is 261 g/mol. The number of nitrogen functional groups attached to an aromatic ring is 1.